The van der Waals surface area contributed by atoms with Gasteiger partial charge in [0.25, 0.3) is 0 Å². The van der Waals surface area contributed by atoms with Gasteiger partial charge in [-0.25, -0.2) is 0 Å². The third-order valence-electron chi connectivity index (χ3n) is 2.74. The number of hydrogen-bond acceptors (Lipinski definition) is 3. The lowest BCUT2D eigenvalue weighted by atomic mass is 10.0. The van der Waals surface area contributed by atoms with Crippen molar-refractivity contribution in [1.29, 1.82) is 0 Å². The Morgan fingerprint density at radius 3 is 2.29 bits per heavy atom. The molecule has 1 aliphatic rings. The predicted molar refractivity (Wildman–Crippen MR) is 52.3 cm³/mol. The molecule has 1 heterocycles. The standard InChI is InChI=1S/C11H13NO2/c1-11(2)10(12(11)14)9(13)8-6-4-3-5-7-8/h3-7,10,14H,1-2H3. The van der Waals surface area contributed by atoms with Crippen LogP contribution in [0.2, 0.25) is 0 Å². The molecular formula is C11H13NO2. The molecule has 3 heteroatoms. The van der Waals surface area contributed by atoms with Crippen LogP contribution in [-0.4, -0.2) is 27.6 Å². The first-order valence-electron chi connectivity index (χ1n) is 4.62. The molecule has 2 unspecified atom stereocenters. The maximum Gasteiger partial charge on any atom is 0.184 e. The third-order valence-corrected chi connectivity index (χ3v) is 2.74. The molecule has 74 valence electrons. The van der Waals surface area contributed by atoms with Crippen molar-refractivity contribution in [1.82, 2.24) is 5.06 Å². The second-order valence-corrected chi connectivity index (χ2v) is 4.13. The summed E-state index contributed by atoms with van der Waals surface area (Å²) in [6.07, 6.45) is 0. The van der Waals surface area contributed by atoms with E-state index in [0.717, 1.165) is 5.06 Å². The number of hydrogen-bond donors (Lipinski definition) is 1. The Bertz CT molecular complexity index is 359. The molecule has 1 aliphatic heterocycles. The van der Waals surface area contributed by atoms with Gasteiger partial charge >= 0.3 is 0 Å². The fraction of sp³-hybridized carbons (Fsp3) is 0.364. The minimum Gasteiger partial charge on any atom is -0.313 e. The van der Waals surface area contributed by atoms with Crippen LogP contribution in [0.1, 0.15) is 24.2 Å². The maximum absolute atomic E-state index is 11.8. The number of carbonyl (C=O) groups is 1. The average Bonchev–Trinajstić information content (AvgIpc) is 2.67. The molecule has 2 rings (SSSR count). The average molecular weight is 191 g/mol. The molecule has 0 amide bonds. The van der Waals surface area contributed by atoms with Gasteiger partial charge in [-0.15, -0.1) is 0 Å². The second-order valence-electron chi connectivity index (χ2n) is 4.13. The molecule has 0 aliphatic carbocycles. The SMILES string of the molecule is CC1(C)C(C(=O)c2ccccc2)N1O. The van der Waals surface area contributed by atoms with E-state index in [0.29, 0.717) is 5.56 Å². The van der Waals surface area contributed by atoms with Gasteiger partial charge in [0, 0.05) is 5.56 Å². The number of ketones is 1. The van der Waals surface area contributed by atoms with Crippen LogP contribution in [0.15, 0.2) is 30.3 Å². The van der Waals surface area contributed by atoms with E-state index in [-0.39, 0.29) is 11.8 Å². The Labute approximate surface area is 82.9 Å². The van der Waals surface area contributed by atoms with Crippen molar-refractivity contribution < 1.29 is 10.0 Å². The Morgan fingerprint density at radius 1 is 1.36 bits per heavy atom. The third kappa shape index (κ3) is 1.25. The molecular weight excluding hydrogens is 178 g/mol. The van der Waals surface area contributed by atoms with Gasteiger partial charge in [-0.05, 0) is 13.8 Å². The lowest BCUT2D eigenvalue weighted by molar-refractivity contribution is -0.00704. The van der Waals surface area contributed by atoms with Crippen molar-refractivity contribution in [3.05, 3.63) is 35.9 Å². The summed E-state index contributed by atoms with van der Waals surface area (Å²) in [5.74, 6) is -0.0156. The van der Waals surface area contributed by atoms with Gasteiger partial charge in [-0.2, -0.15) is 5.06 Å². The highest BCUT2D eigenvalue weighted by atomic mass is 16.5. The zero-order valence-corrected chi connectivity index (χ0v) is 8.27. The van der Waals surface area contributed by atoms with Crippen LogP contribution in [0, 0.1) is 0 Å². The Morgan fingerprint density at radius 2 is 1.86 bits per heavy atom. The first kappa shape index (κ1) is 9.37. The van der Waals surface area contributed by atoms with E-state index in [1.807, 2.05) is 32.0 Å². The van der Waals surface area contributed by atoms with E-state index in [9.17, 15) is 10.0 Å². The minimum atomic E-state index is -0.410. The van der Waals surface area contributed by atoms with Crippen LogP contribution >= 0.6 is 0 Å². The molecule has 0 saturated carbocycles. The van der Waals surface area contributed by atoms with Crippen molar-refractivity contribution >= 4 is 5.78 Å². The number of carbonyl (C=O) groups excluding carboxylic acids is 1. The normalized spacial score (nSPS) is 28.5. The zero-order valence-electron chi connectivity index (χ0n) is 8.27. The summed E-state index contributed by atoms with van der Waals surface area (Å²) < 4.78 is 0. The van der Waals surface area contributed by atoms with Crippen molar-refractivity contribution in [2.45, 2.75) is 25.4 Å². The summed E-state index contributed by atoms with van der Waals surface area (Å²) >= 11 is 0. The summed E-state index contributed by atoms with van der Waals surface area (Å²) in [5, 5.41) is 10.5. The lowest BCUT2D eigenvalue weighted by Gasteiger charge is -1.98. The van der Waals surface area contributed by atoms with Gasteiger partial charge in [-0.1, -0.05) is 30.3 Å². The van der Waals surface area contributed by atoms with Gasteiger partial charge in [-0.3, -0.25) is 4.79 Å². The maximum atomic E-state index is 11.8. The smallest absolute Gasteiger partial charge is 0.184 e. The van der Waals surface area contributed by atoms with Gasteiger partial charge in [0.2, 0.25) is 0 Å². The molecule has 14 heavy (non-hydrogen) atoms. The summed E-state index contributed by atoms with van der Waals surface area (Å²) in [6.45, 7) is 3.69. The molecule has 0 spiro atoms. The highest BCUT2D eigenvalue weighted by Gasteiger charge is 2.59. The van der Waals surface area contributed by atoms with Gasteiger partial charge < -0.3 is 5.21 Å². The molecule has 0 aromatic heterocycles. The lowest BCUT2D eigenvalue weighted by Crippen LogP contribution is -2.14. The predicted octanol–water partition coefficient (Wildman–Crippen LogP) is 1.72. The molecule has 1 fully saturated rings. The molecule has 1 saturated heterocycles. The van der Waals surface area contributed by atoms with Gasteiger partial charge in [0.05, 0.1) is 5.54 Å². The molecule has 1 aromatic carbocycles. The Kier molecular flexibility index (Phi) is 1.94. The van der Waals surface area contributed by atoms with E-state index >= 15 is 0 Å². The van der Waals surface area contributed by atoms with Crippen LogP contribution in [0.5, 0.6) is 0 Å². The van der Waals surface area contributed by atoms with Gasteiger partial charge in [0.1, 0.15) is 6.04 Å². The highest BCUT2D eigenvalue weighted by molar-refractivity contribution is 6.02. The number of benzene rings is 1. The van der Waals surface area contributed by atoms with E-state index in [1.165, 1.54) is 0 Å². The largest absolute Gasteiger partial charge is 0.313 e. The monoisotopic (exact) mass is 191 g/mol. The fourth-order valence-electron chi connectivity index (χ4n) is 1.66. The molecule has 1 N–H and O–H groups in total. The summed E-state index contributed by atoms with van der Waals surface area (Å²) in [7, 11) is 0. The van der Waals surface area contributed by atoms with Crippen molar-refractivity contribution in [2.75, 3.05) is 0 Å². The molecule has 1 aromatic rings. The second kappa shape index (κ2) is 2.90. The number of rotatable bonds is 2. The summed E-state index contributed by atoms with van der Waals surface area (Å²) in [6, 6.07) is 8.67. The zero-order chi connectivity index (χ0) is 10.3. The topological polar surface area (TPSA) is 40.3 Å². The van der Waals surface area contributed by atoms with Crippen LogP contribution in [0.25, 0.3) is 0 Å². The Hall–Kier alpha value is -1.19. The molecule has 2 atom stereocenters. The summed E-state index contributed by atoms with van der Waals surface area (Å²) in [5.41, 5.74) is 0.245. The molecule has 3 nitrogen and oxygen atoms in total. The van der Waals surface area contributed by atoms with Crippen molar-refractivity contribution in [2.24, 2.45) is 0 Å². The van der Waals surface area contributed by atoms with Gasteiger partial charge in [0.15, 0.2) is 5.78 Å². The van der Waals surface area contributed by atoms with E-state index in [4.69, 9.17) is 0 Å². The minimum absolute atomic E-state index is 0.0156. The first-order chi connectivity index (χ1) is 6.55. The number of Topliss-reactive ketones (excluding diaryl/α,β-unsaturated/α-hetero) is 1. The van der Waals surface area contributed by atoms with Crippen molar-refractivity contribution in [3.8, 4) is 0 Å². The van der Waals surface area contributed by atoms with E-state index < -0.39 is 5.54 Å². The van der Waals surface area contributed by atoms with E-state index in [2.05, 4.69) is 0 Å². The van der Waals surface area contributed by atoms with Crippen molar-refractivity contribution in [3.63, 3.8) is 0 Å². The first-order valence-corrected chi connectivity index (χ1v) is 4.62. The highest BCUT2D eigenvalue weighted by Crippen LogP contribution is 2.39. The molecule has 0 bridgehead atoms. The number of hydroxylamine groups is 2. The van der Waals surface area contributed by atoms with E-state index in [1.54, 1.807) is 12.1 Å². The quantitative estimate of drug-likeness (QED) is 0.571. The van der Waals surface area contributed by atoms with Crippen LogP contribution in [0.4, 0.5) is 0 Å². The Balaban J connectivity index is 2.20. The van der Waals surface area contributed by atoms with Crippen LogP contribution < -0.4 is 0 Å². The van der Waals surface area contributed by atoms with Crippen LogP contribution in [-0.2, 0) is 0 Å². The van der Waals surface area contributed by atoms with Crippen LogP contribution in [0.3, 0.4) is 0 Å². The molecule has 0 radical (unpaired) electrons. The number of nitrogens with zero attached hydrogens (tertiary/aromatic N) is 1. The summed E-state index contributed by atoms with van der Waals surface area (Å²) in [4.78, 5) is 11.8. The fourth-order valence-corrected chi connectivity index (χ4v) is 1.66.